The number of carbonyl (C=O) groups is 1. The molecule has 92 valence electrons. The second-order valence-corrected chi connectivity index (χ2v) is 4.95. The second-order valence-electron chi connectivity index (χ2n) is 4.95. The first-order valence-electron chi connectivity index (χ1n) is 6.34. The minimum absolute atomic E-state index is 0.214. The predicted octanol–water partition coefficient (Wildman–Crippen LogP) is 0.623. The van der Waals surface area contributed by atoms with Crippen LogP contribution in [0.4, 0.5) is 0 Å². The highest BCUT2D eigenvalue weighted by molar-refractivity contribution is 5.78. The summed E-state index contributed by atoms with van der Waals surface area (Å²) >= 11 is 0. The summed E-state index contributed by atoms with van der Waals surface area (Å²) in [5, 5.41) is 3.32. The molecule has 1 saturated carbocycles. The molecular formula is C12H22N2O2. The normalized spacial score (nSPS) is 23.2. The van der Waals surface area contributed by atoms with Crippen LogP contribution in [0, 0.1) is 5.92 Å². The third kappa shape index (κ3) is 3.76. The molecule has 1 unspecified atom stereocenters. The molecule has 0 radical (unpaired) electrons. The fraction of sp³-hybridized carbons (Fsp3) is 0.917. The average Bonchev–Trinajstić information content (AvgIpc) is 3.11. The van der Waals surface area contributed by atoms with Crippen LogP contribution in [0.3, 0.4) is 0 Å². The van der Waals surface area contributed by atoms with E-state index < -0.39 is 0 Å². The van der Waals surface area contributed by atoms with Gasteiger partial charge in [-0.3, -0.25) is 4.79 Å². The molecule has 1 heterocycles. The van der Waals surface area contributed by atoms with Crippen molar-refractivity contribution >= 4 is 5.91 Å². The van der Waals surface area contributed by atoms with E-state index in [1.54, 1.807) is 0 Å². The van der Waals surface area contributed by atoms with Crippen molar-refractivity contribution in [2.45, 2.75) is 32.2 Å². The van der Waals surface area contributed by atoms with Gasteiger partial charge in [0.1, 0.15) is 0 Å². The molecule has 1 N–H and O–H groups in total. The van der Waals surface area contributed by atoms with Gasteiger partial charge in [-0.2, -0.15) is 0 Å². The van der Waals surface area contributed by atoms with Crippen LogP contribution >= 0.6 is 0 Å². The third-order valence-corrected chi connectivity index (χ3v) is 3.35. The molecule has 1 aliphatic carbocycles. The van der Waals surface area contributed by atoms with E-state index in [0.29, 0.717) is 25.8 Å². The van der Waals surface area contributed by atoms with Crippen molar-refractivity contribution in [3.8, 4) is 0 Å². The van der Waals surface area contributed by atoms with Crippen LogP contribution in [-0.2, 0) is 9.53 Å². The van der Waals surface area contributed by atoms with Crippen LogP contribution < -0.4 is 5.32 Å². The second kappa shape index (κ2) is 5.64. The molecule has 2 fully saturated rings. The Morgan fingerprint density at radius 3 is 2.75 bits per heavy atom. The monoisotopic (exact) mass is 226 g/mol. The Labute approximate surface area is 97.3 Å². The lowest BCUT2D eigenvalue weighted by molar-refractivity contribution is -0.134. The lowest BCUT2D eigenvalue weighted by atomic mass is 10.1. The summed E-state index contributed by atoms with van der Waals surface area (Å²) in [6.07, 6.45) is 3.98. The van der Waals surface area contributed by atoms with Gasteiger partial charge in [-0.05, 0) is 19.3 Å². The predicted molar refractivity (Wildman–Crippen MR) is 62.2 cm³/mol. The summed E-state index contributed by atoms with van der Waals surface area (Å²) in [5.41, 5.74) is 0. The van der Waals surface area contributed by atoms with Crippen molar-refractivity contribution < 1.29 is 9.53 Å². The van der Waals surface area contributed by atoms with Gasteiger partial charge in [0, 0.05) is 19.1 Å². The van der Waals surface area contributed by atoms with Gasteiger partial charge >= 0.3 is 0 Å². The minimum atomic E-state index is 0.214. The van der Waals surface area contributed by atoms with Gasteiger partial charge in [0.2, 0.25) is 5.91 Å². The van der Waals surface area contributed by atoms with E-state index in [1.165, 1.54) is 19.3 Å². The molecule has 2 rings (SSSR count). The van der Waals surface area contributed by atoms with Gasteiger partial charge < -0.3 is 15.0 Å². The first-order chi connectivity index (χ1) is 7.75. The zero-order valence-corrected chi connectivity index (χ0v) is 10.1. The number of ether oxygens (including phenoxy) is 1. The molecule has 0 bridgehead atoms. The van der Waals surface area contributed by atoms with Crippen molar-refractivity contribution in [1.82, 2.24) is 10.2 Å². The quantitative estimate of drug-likeness (QED) is 0.747. The molecular weight excluding hydrogens is 204 g/mol. The maximum Gasteiger partial charge on any atom is 0.236 e. The minimum Gasteiger partial charge on any atom is -0.378 e. The van der Waals surface area contributed by atoms with Crippen LogP contribution in [0.5, 0.6) is 0 Å². The zero-order chi connectivity index (χ0) is 11.4. The fourth-order valence-electron chi connectivity index (χ4n) is 2.12. The SMILES string of the molecule is CC(CC1CC1)NCC(=O)N1CCOCC1. The van der Waals surface area contributed by atoms with Crippen molar-refractivity contribution in [2.75, 3.05) is 32.8 Å². The standard InChI is InChI=1S/C12H22N2O2/c1-10(8-11-2-3-11)13-9-12(15)14-4-6-16-7-5-14/h10-11,13H,2-9H2,1H3. The first-order valence-corrected chi connectivity index (χ1v) is 6.34. The van der Waals surface area contributed by atoms with Crippen molar-refractivity contribution in [3.63, 3.8) is 0 Å². The van der Waals surface area contributed by atoms with Crippen LogP contribution in [0.1, 0.15) is 26.2 Å². The maximum absolute atomic E-state index is 11.8. The van der Waals surface area contributed by atoms with Crippen molar-refractivity contribution in [3.05, 3.63) is 0 Å². The number of rotatable bonds is 5. The van der Waals surface area contributed by atoms with Crippen LogP contribution in [0.25, 0.3) is 0 Å². The number of hydrogen-bond donors (Lipinski definition) is 1. The summed E-state index contributed by atoms with van der Waals surface area (Å²) in [6.45, 7) is 5.51. The molecule has 16 heavy (non-hydrogen) atoms. The van der Waals surface area contributed by atoms with Crippen molar-refractivity contribution in [1.29, 1.82) is 0 Å². The Bertz CT molecular complexity index is 235. The van der Waals surface area contributed by atoms with Crippen LogP contribution in [0.15, 0.2) is 0 Å². The Kier molecular flexibility index (Phi) is 4.18. The molecule has 2 aliphatic rings. The molecule has 1 saturated heterocycles. The highest BCUT2D eigenvalue weighted by Gasteiger charge is 2.24. The van der Waals surface area contributed by atoms with Gasteiger partial charge in [-0.25, -0.2) is 0 Å². The summed E-state index contributed by atoms with van der Waals surface area (Å²) in [7, 11) is 0. The largest absolute Gasteiger partial charge is 0.378 e. The lowest BCUT2D eigenvalue weighted by Crippen LogP contribution is -2.46. The summed E-state index contributed by atoms with van der Waals surface area (Å²) < 4.78 is 5.22. The van der Waals surface area contributed by atoms with E-state index in [9.17, 15) is 4.79 Å². The number of nitrogens with one attached hydrogen (secondary N) is 1. The molecule has 4 nitrogen and oxygen atoms in total. The smallest absolute Gasteiger partial charge is 0.236 e. The van der Waals surface area contributed by atoms with Gasteiger partial charge in [0.25, 0.3) is 0 Å². The van der Waals surface area contributed by atoms with Gasteiger partial charge in [-0.1, -0.05) is 12.8 Å². The lowest BCUT2D eigenvalue weighted by Gasteiger charge is -2.27. The summed E-state index contributed by atoms with van der Waals surface area (Å²) in [5.74, 6) is 1.13. The fourth-order valence-corrected chi connectivity index (χ4v) is 2.12. The van der Waals surface area contributed by atoms with Gasteiger partial charge in [0.05, 0.1) is 19.8 Å². The Balaban J connectivity index is 1.61. The van der Waals surface area contributed by atoms with Crippen LogP contribution in [-0.4, -0.2) is 49.7 Å². The van der Waals surface area contributed by atoms with E-state index >= 15 is 0 Å². The van der Waals surface area contributed by atoms with E-state index in [-0.39, 0.29) is 5.91 Å². The molecule has 4 heteroatoms. The highest BCUT2D eigenvalue weighted by Crippen LogP contribution is 2.33. The molecule has 1 amide bonds. The van der Waals surface area contributed by atoms with Gasteiger partial charge in [0.15, 0.2) is 0 Å². The number of morpholine rings is 1. The van der Waals surface area contributed by atoms with Crippen molar-refractivity contribution in [2.24, 2.45) is 5.92 Å². The number of nitrogens with zero attached hydrogens (tertiary/aromatic N) is 1. The third-order valence-electron chi connectivity index (χ3n) is 3.35. The number of hydrogen-bond acceptors (Lipinski definition) is 3. The average molecular weight is 226 g/mol. The number of amides is 1. The molecule has 0 aromatic heterocycles. The Morgan fingerprint density at radius 2 is 2.12 bits per heavy atom. The Hall–Kier alpha value is -0.610. The first kappa shape index (κ1) is 11.9. The Morgan fingerprint density at radius 1 is 1.44 bits per heavy atom. The van der Waals surface area contributed by atoms with E-state index in [2.05, 4.69) is 12.2 Å². The molecule has 1 aliphatic heterocycles. The summed E-state index contributed by atoms with van der Waals surface area (Å²) in [6, 6.07) is 0.470. The zero-order valence-electron chi connectivity index (χ0n) is 10.1. The number of carbonyl (C=O) groups excluding carboxylic acids is 1. The molecule has 0 spiro atoms. The molecule has 0 aromatic carbocycles. The van der Waals surface area contributed by atoms with E-state index in [0.717, 1.165) is 19.0 Å². The van der Waals surface area contributed by atoms with Crippen LogP contribution in [0.2, 0.25) is 0 Å². The van der Waals surface area contributed by atoms with E-state index in [4.69, 9.17) is 4.74 Å². The molecule has 1 atom stereocenters. The maximum atomic E-state index is 11.8. The van der Waals surface area contributed by atoms with E-state index in [1.807, 2.05) is 4.90 Å². The van der Waals surface area contributed by atoms with Gasteiger partial charge in [-0.15, -0.1) is 0 Å². The topological polar surface area (TPSA) is 41.6 Å². The molecule has 0 aromatic rings. The summed E-state index contributed by atoms with van der Waals surface area (Å²) in [4.78, 5) is 13.7. The highest BCUT2D eigenvalue weighted by atomic mass is 16.5.